The smallest absolute Gasteiger partial charge is 0.226 e. The van der Waals surface area contributed by atoms with E-state index in [-0.39, 0.29) is 17.9 Å². The minimum atomic E-state index is 0.141. The van der Waals surface area contributed by atoms with Crippen LogP contribution in [0.2, 0.25) is 0 Å². The molecule has 124 valence electrons. The van der Waals surface area contributed by atoms with Crippen LogP contribution in [0.25, 0.3) is 0 Å². The van der Waals surface area contributed by atoms with Crippen molar-refractivity contribution in [3.8, 4) is 0 Å². The topological polar surface area (TPSA) is 64.2 Å². The summed E-state index contributed by atoms with van der Waals surface area (Å²) >= 11 is 0. The van der Waals surface area contributed by atoms with Crippen molar-refractivity contribution in [3.05, 3.63) is 35.7 Å². The van der Waals surface area contributed by atoms with E-state index in [4.69, 9.17) is 4.52 Å². The highest BCUT2D eigenvalue weighted by molar-refractivity contribution is 5.76. The molecule has 23 heavy (non-hydrogen) atoms. The number of carbonyl (C=O) groups excluding carboxylic acids is 1. The Morgan fingerprint density at radius 3 is 3.00 bits per heavy atom. The van der Waals surface area contributed by atoms with Crippen molar-refractivity contribution in [1.82, 2.24) is 19.6 Å². The second-order valence-corrected chi connectivity index (χ2v) is 6.44. The van der Waals surface area contributed by atoms with Gasteiger partial charge in [0.1, 0.15) is 0 Å². The van der Waals surface area contributed by atoms with Gasteiger partial charge in [-0.15, -0.1) is 0 Å². The molecule has 0 aliphatic carbocycles. The number of hydrogen-bond acceptors (Lipinski definition) is 4. The van der Waals surface area contributed by atoms with Crippen LogP contribution in [0.3, 0.4) is 0 Å². The van der Waals surface area contributed by atoms with Crippen molar-refractivity contribution in [3.63, 3.8) is 0 Å². The van der Waals surface area contributed by atoms with Gasteiger partial charge in [-0.05, 0) is 25.5 Å². The number of nitrogens with zero attached hydrogens (tertiary/aromatic N) is 4. The molecule has 0 saturated heterocycles. The molecule has 2 aromatic rings. The van der Waals surface area contributed by atoms with Crippen LogP contribution in [0.5, 0.6) is 0 Å². The van der Waals surface area contributed by atoms with Crippen LogP contribution in [0.15, 0.2) is 22.9 Å². The molecule has 0 aromatic carbocycles. The summed E-state index contributed by atoms with van der Waals surface area (Å²) in [6, 6.07) is 4.28. The molecule has 0 fully saturated rings. The molecule has 1 amide bonds. The number of carbonyl (C=O) groups is 1. The van der Waals surface area contributed by atoms with Crippen molar-refractivity contribution in [2.24, 2.45) is 0 Å². The predicted octanol–water partition coefficient (Wildman–Crippen LogP) is 2.92. The molecule has 3 rings (SSSR count). The van der Waals surface area contributed by atoms with Crippen LogP contribution in [0, 0.1) is 0 Å². The third-order valence-corrected chi connectivity index (χ3v) is 4.44. The van der Waals surface area contributed by atoms with Gasteiger partial charge in [0.25, 0.3) is 0 Å². The van der Waals surface area contributed by atoms with Crippen LogP contribution in [-0.4, -0.2) is 32.1 Å². The van der Waals surface area contributed by atoms with E-state index in [1.165, 1.54) is 5.69 Å². The van der Waals surface area contributed by atoms with Crippen molar-refractivity contribution in [1.29, 1.82) is 0 Å². The van der Waals surface area contributed by atoms with Gasteiger partial charge in [0.05, 0.1) is 6.04 Å². The Bertz CT molecular complexity index is 674. The lowest BCUT2D eigenvalue weighted by molar-refractivity contribution is -0.134. The normalized spacial score (nSPS) is 17.6. The predicted molar refractivity (Wildman–Crippen MR) is 85.9 cm³/mol. The second kappa shape index (κ2) is 6.56. The molecular formula is C17H24N4O2. The minimum Gasteiger partial charge on any atom is -0.348 e. The Labute approximate surface area is 136 Å². The van der Waals surface area contributed by atoms with E-state index in [0.29, 0.717) is 18.7 Å². The molecule has 0 spiro atoms. The maximum absolute atomic E-state index is 12.5. The van der Waals surface area contributed by atoms with Gasteiger partial charge in [-0.3, -0.25) is 4.79 Å². The van der Waals surface area contributed by atoms with Crippen LogP contribution in [0.1, 0.15) is 63.0 Å². The first-order chi connectivity index (χ1) is 11.1. The molecule has 0 bridgehead atoms. The zero-order chi connectivity index (χ0) is 16.4. The van der Waals surface area contributed by atoms with Gasteiger partial charge < -0.3 is 14.0 Å². The molecule has 1 atom stereocenters. The summed E-state index contributed by atoms with van der Waals surface area (Å²) in [6.45, 7) is 7.81. The van der Waals surface area contributed by atoms with Gasteiger partial charge in [0, 0.05) is 43.7 Å². The highest BCUT2D eigenvalue weighted by Crippen LogP contribution is 2.26. The summed E-state index contributed by atoms with van der Waals surface area (Å²) in [5.41, 5.74) is 1.21. The van der Waals surface area contributed by atoms with Crippen molar-refractivity contribution >= 4 is 5.91 Å². The molecule has 0 saturated carbocycles. The fourth-order valence-corrected chi connectivity index (χ4v) is 3.06. The van der Waals surface area contributed by atoms with Crippen molar-refractivity contribution in [2.45, 2.75) is 58.5 Å². The first kappa shape index (κ1) is 15.8. The van der Waals surface area contributed by atoms with Gasteiger partial charge in [0.2, 0.25) is 11.8 Å². The molecule has 0 radical (unpaired) electrons. The molecule has 0 N–H and O–H groups in total. The monoisotopic (exact) mass is 316 g/mol. The van der Waals surface area contributed by atoms with Crippen LogP contribution < -0.4 is 0 Å². The fraction of sp³-hybridized carbons (Fsp3) is 0.588. The summed E-state index contributed by atoms with van der Waals surface area (Å²) in [5.74, 6) is 1.83. The Balaban J connectivity index is 1.51. The van der Waals surface area contributed by atoms with E-state index in [1.807, 2.05) is 24.8 Å². The number of amides is 1. The highest BCUT2D eigenvalue weighted by Gasteiger charge is 2.26. The van der Waals surface area contributed by atoms with Crippen LogP contribution in [-0.2, 0) is 17.8 Å². The summed E-state index contributed by atoms with van der Waals surface area (Å²) in [7, 11) is 0. The number of aryl methyl sites for hydroxylation is 1. The molecule has 1 aliphatic heterocycles. The average Bonchev–Trinajstić information content (AvgIpc) is 3.16. The van der Waals surface area contributed by atoms with E-state index >= 15 is 0 Å². The lowest BCUT2D eigenvalue weighted by atomic mass is 10.1. The summed E-state index contributed by atoms with van der Waals surface area (Å²) in [6.07, 6.45) is 3.99. The Morgan fingerprint density at radius 2 is 2.26 bits per heavy atom. The molecule has 1 unspecified atom stereocenters. The maximum atomic E-state index is 12.5. The Hall–Kier alpha value is -2.11. The van der Waals surface area contributed by atoms with E-state index in [1.54, 1.807) is 0 Å². The van der Waals surface area contributed by atoms with E-state index in [9.17, 15) is 4.79 Å². The lowest BCUT2D eigenvalue weighted by Crippen LogP contribution is -2.40. The largest absolute Gasteiger partial charge is 0.348 e. The van der Waals surface area contributed by atoms with Crippen molar-refractivity contribution < 1.29 is 9.32 Å². The van der Waals surface area contributed by atoms with E-state index < -0.39 is 0 Å². The van der Waals surface area contributed by atoms with Crippen LogP contribution >= 0.6 is 0 Å². The molecule has 2 aromatic heterocycles. The van der Waals surface area contributed by atoms with E-state index in [0.717, 1.165) is 25.3 Å². The van der Waals surface area contributed by atoms with Gasteiger partial charge in [-0.1, -0.05) is 19.0 Å². The molecule has 1 aliphatic rings. The van der Waals surface area contributed by atoms with Crippen LogP contribution in [0.4, 0.5) is 0 Å². The second-order valence-electron chi connectivity index (χ2n) is 6.44. The summed E-state index contributed by atoms with van der Waals surface area (Å²) in [5, 5.41) is 3.95. The number of aromatic nitrogens is 3. The fourth-order valence-electron chi connectivity index (χ4n) is 3.06. The first-order valence-corrected chi connectivity index (χ1v) is 8.33. The number of hydrogen-bond donors (Lipinski definition) is 0. The molecule has 6 heteroatoms. The molecule has 3 heterocycles. The lowest BCUT2D eigenvalue weighted by Gasteiger charge is -2.35. The van der Waals surface area contributed by atoms with Gasteiger partial charge in [-0.25, -0.2) is 0 Å². The Kier molecular flexibility index (Phi) is 4.50. The third-order valence-electron chi connectivity index (χ3n) is 4.44. The first-order valence-electron chi connectivity index (χ1n) is 8.33. The Morgan fingerprint density at radius 1 is 1.43 bits per heavy atom. The zero-order valence-electron chi connectivity index (χ0n) is 14.0. The third kappa shape index (κ3) is 3.30. The zero-order valence-corrected chi connectivity index (χ0v) is 14.0. The van der Waals surface area contributed by atoms with E-state index in [2.05, 4.69) is 33.9 Å². The van der Waals surface area contributed by atoms with Gasteiger partial charge >= 0.3 is 0 Å². The number of rotatable bonds is 5. The molecular weight excluding hydrogens is 292 g/mol. The quantitative estimate of drug-likeness (QED) is 0.851. The van der Waals surface area contributed by atoms with Crippen molar-refractivity contribution in [2.75, 3.05) is 6.54 Å². The van der Waals surface area contributed by atoms with Gasteiger partial charge in [0.15, 0.2) is 5.82 Å². The SMILES string of the molecule is CC(C)c1noc(CCCC(=O)N2CCn3cccc3C2C)n1. The maximum Gasteiger partial charge on any atom is 0.226 e. The van der Waals surface area contributed by atoms with Gasteiger partial charge in [-0.2, -0.15) is 4.98 Å². The summed E-state index contributed by atoms with van der Waals surface area (Å²) in [4.78, 5) is 18.8. The number of fused-ring (bicyclic) bond motifs is 1. The average molecular weight is 316 g/mol. The summed E-state index contributed by atoms with van der Waals surface area (Å²) < 4.78 is 7.44. The minimum absolute atomic E-state index is 0.141. The highest BCUT2D eigenvalue weighted by atomic mass is 16.5. The molecule has 6 nitrogen and oxygen atoms in total. The standard InChI is InChI=1S/C17H24N4O2/c1-12(2)17-18-15(23-19-17)7-4-8-16(22)21-11-10-20-9-5-6-14(20)13(21)3/h5-6,9,12-13H,4,7-8,10-11H2,1-3H3.